The summed E-state index contributed by atoms with van der Waals surface area (Å²) in [4.78, 5) is 8.45. The molecule has 0 atom stereocenters. The van der Waals surface area contributed by atoms with Crippen LogP contribution in [0.4, 0.5) is 11.5 Å². The maximum Gasteiger partial charge on any atom is 0.242 e. The highest BCUT2D eigenvalue weighted by Gasteiger charge is 2.10. The Bertz CT molecular complexity index is 366. The van der Waals surface area contributed by atoms with Gasteiger partial charge < -0.3 is 15.8 Å². The van der Waals surface area contributed by atoms with Gasteiger partial charge in [-0.15, -0.1) is 0 Å². The first kappa shape index (κ1) is 13.5. The van der Waals surface area contributed by atoms with Gasteiger partial charge in [0.25, 0.3) is 0 Å². The van der Waals surface area contributed by atoms with Crippen LogP contribution < -0.4 is 15.8 Å². The maximum atomic E-state index is 5.94. The molecule has 1 rings (SSSR count). The summed E-state index contributed by atoms with van der Waals surface area (Å²) >= 11 is 0. The van der Waals surface area contributed by atoms with Crippen molar-refractivity contribution >= 4 is 11.5 Å². The van der Waals surface area contributed by atoms with Gasteiger partial charge in [0.15, 0.2) is 5.82 Å². The van der Waals surface area contributed by atoms with Gasteiger partial charge in [-0.2, -0.15) is 4.98 Å². The van der Waals surface area contributed by atoms with Crippen molar-refractivity contribution in [3.63, 3.8) is 0 Å². The summed E-state index contributed by atoms with van der Waals surface area (Å²) in [6, 6.07) is 0. The lowest BCUT2D eigenvalue weighted by Gasteiger charge is -2.13. The van der Waals surface area contributed by atoms with E-state index in [2.05, 4.69) is 29.1 Å². The van der Waals surface area contributed by atoms with Gasteiger partial charge in [-0.3, -0.25) is 0 Å². The van der Waals surface area contributed by atoms with E-state index in [4.69, 9.17) is 10.5 Å². The number of aromatic nitrogens is 2. The molecule has 0 saturated carbocycles. The van der Waals surface area contributed by atoms with Gasteiger partial charge in [-0.25, -0.2) is 4.98 Å². The number of ether oxygens (including phenoxy) is 1. The monoisotopic (exact) mass is 238 g/mol. The molecule has 0 saturated heterocycles. The van der Waals surface area contributed by atoms with Crippen LogP contribution in [0.2, 0.25) is 0 Å². The van der Waals surface area contributed by atoms with E-state index in [1.54, 1.807) is 0 Å². The van der Waals surface area contributed by atoms with Crippen LogP contribution in [-0.2, 0) is 0 Å². The van der Waals surface area contributed by atoms with Crippen LogP contribution in [0.5, 0.6) is 5.88 Å². The minimum Gasteiger partial charge on any atom is -0.476 e. The van der Waals surface area contributed by atoms with Crippen molar-refractivity contribution in [2.45, 2.75) is 34.1 Å². The molecule has 0 bridgehead atoms. The van der Waals surface area contributed by atoms with Gasteiger partial charge >= 0.3 is 0 Å². The largest absolute Gasteiger partial charge is 0.476 e. The van der Waals surface area contributed by atoms with Crippen LogP contribution in [0.1, 0.15) is 33.0 Å². The predicted octanol–water partition coefficient (Wildman–Crippen LogP) is 2.22. The second-order valence-corrected chi connectivity index (χ2v) is 4.38. The Labute approximate surface area is 103 Å². The highest BCUT2D eigenvalue weighted by molar-refractivity contribution is 5.66. The summed E-state index contributed by atoms with van der Waals surface area (Å²) in [6.45, 7) is 9.50. The van der Waals surface area contributed by atoms with Crippen molar-refractivity contribution in [3.05, 3.63) is 5.82 Å². The molecule has 0 aromatic carbocycles. The number of hydrogen-bond acceptors (Lipinski definition) is 5. The average molecular weight is 238 g/mol. The van der Waals surface area contributed by atoms with Gasteiger partial charge in [0.1, 0.15) is 11.5 Å². The summed E-state index contributed by atoms with van der Waals surface area (Å²) in [5.74, 6) is 2.45. The summed E-state index contributed by atoms with van der Waals surface area (Å²) in [5.41, 5.74) is 6.43. The van der Waals surface area contributed by atoms with Crippen molar-refractivity contribution in [3.8, 4) is 5.88 Å². The Balaban J connectivity index is 2.76. The van der Waals surface area contributed by atoms with E-state index in [9.17, 15) is 0 Å². The van der Waals surface area contributed by atoms with Crippen LogP contribution in [0, 0.1) is 12.8 Å². The smallest absolute Gasteiger partial charge is 0.242 e. The zero-order chi connectivity index (χ0) is 12.8. The molecule has 17 heavy (non-hydrogen) atoms. The van der Waals surface area contributed by atoms with Gasteiger partial charge in [-0.1, -0.05) is 13.8 Å². The Morgan fingerprint density at radius 2 is 2.06 bits per heavy atom. The SMILES string of the molecule is CCOc1nc(C)nc(NCCC(C)C)c1N. The Hall–Kier alpha value is -1.52. The minimum atomic E-state index is 0.465. The van der Waals surface area contributed by atoms with E-state index in [0.29, 0.717) is 35.7 Å². The Morgan fingerprint density at radius 3 is 2.65 bits per heavy atom. The van der Waals surface area contributed by atoms with Crippen LogP contribution in [0.25, 0.3) is 0 Å². The second-order valence-electron chi connectivity index (χ2n) is 4.38. The maximum absolute atomic E-state index is 5.94. The molecule has 0 aliphatic carbocycles. The van der Waals surface area contributed by atoms with E-state index < -0.39 is 0 Å². The topological polar surface area (TPSA) is 73.1 Å². The second kappa shape index (κ2) is 6.27. The normalized spacial score (nSPS) is 10.6. The molecule has 0 spiro atoms. The van der Waals surface area contributed by atoms with Gasteiger partial charge in [0.05, 0.1) is 6.61 Å². The van der Waals surface area contributed by atoms with E-state index in [1.807, 2.05) is 13.8 Å². The third-order valence-electron chi connectivity index (χ3n) is 2.32. The quantitative estimate of drug-likeness (QED) is 0.795. The summed E-state index contributed by atoms with van der Waals surface area (Å²) < 4.78 is 5.37. The van der Waals surface area contributed by atoms with Crippen molar-refractivity contribution in [2.24, 2.45) is 5.92 Å². The summed E-state index contributed by atoms with van der Waals surface area (Å²) in [7, 11) is 0. The fraction of sp³-hybridized carbons (Fsp3) is 0.667. The molecule has 1 aromatic rings. The van der Waals surface area contributed by atoms with Crippen molar-refractivity contribution in [1.82, 2.24) is 9.97 Å². The standard InChI is InChI=1S/C12H22N4O/c1-5-17-12-10(13)11(15-9(4)16-12)14-7-6-8(2)3/h8H,5-7,13H2,1-4H3,(H,14,15,16). The Morgan fingerprint density at radius 1 is 1.35 bits per heavy atom. The molecule has 3 N–H and O–H groups in total. The molecular formula is C12H22N4O. The lowest BCUT2D eigenvalue weighted by molar-refractivity contribution is 0.327. The molecule has 0 radical (unpaired) electrons. The predicted molar refractivity (Wildman–Crippen MR) is 70.3 cm³/mol. The zero-order valence-corrected chi connectivity index (χ0v) is 11.1. The van der Waals surface area contributed by atoms with Crippen LogP contribution in [-0.4, -0.2) is 23.1 Å². The van der Waals surface area contributed by atoms with E-state index in [-0.39, 0.29) is 0 Å². The number of rotatable bonds is 6. The molecule has 0 aliphatic heterocycles. The van der Waals surface area contributed by atoms with Crippen molar-refractivity contribution in [2.75, 3.05) is 24.2 Å². The average Bonchev–Trinajstić information content (AvgIpc) is 2.24. The third-order valence-corrected chi connectivity index (χ3v) is 2.32. The van der Waals surface area contributed by atoms with E-state index in [1.165, 1.54) is 0 Å². The molecule has 0 unspecified atom stereocenters. The lowest BCUT2D eigenvalue weighted by Crippen LogP contribution is -2.11. The van der Waals surface area contributed by atoms with Gasteiger partial charge in [0, 0.05) is 6.54 Å². The molecule has 1 heterocycles. The number of hydrogen-bond donors (Lipinski definition) is 2. The first-order valence-corrected chi connectivity index (χ1v) is 6.05. The molecule has 1 aromatic heterocycles. The molecule has 5 heteroatoms. The lowest BCUT2D eigenvalue weighted by atomic mass is 10.1. The summed E-state index contributed by atoms with van der Waals surface area (Å²) in [5, 5.41) is 3.23. The highest BCUT2D eigenvalue weighted by Crippen LogP contribution is 2.25. The first-order valence-electron chi connectivity index (χ1n) is 6.05. The number of nitrogens with two attached hydrogens (primary N) is 1. The fourth-order valence-electron chi connectivity index (χ4n) is 1.42. The van der Waals surface area contributed by atoms with Crippen LogP contribution >= 0.6 is 0 Å². The van der Waals surface area contributed by atoms with Crippen molar-refractivity contribution < 1.29 is 4.74 Å². The zero-order valence-electron chi connectivity index (χ0n) is 11.1. The van der Waals surface area contributed by atoms with Crippen LogP contribution in [0.15, 0.2) is 0 Å². The van der Waals surface area contributed by atoms with Crippen molar-refractivity contribution in [1.29, 1.82) is 0 Å². The van der Waals surface area contributed by atoms with Crippen LogP contribution in [0.3, 0.4) is 0 Å². The highest BCUT2D eigenvalue weighted by atomic mass is 16.5. The van der Waals surface area contributed by atoms with Gasteiger partial charge in [-0.05, 0) is 26.2 Å². The number of aryl methyl sites for hydroxylation is 1. The third kappa shape index (κ3) is 4.09. The molecule has 0 amide bonds. The molecule has 0 aliphatic rings. The van der Waals surface area contributed by atoms with E-state index >= 15 is 0 Å². The fourth-order valence-corrected chi connectivity index (χ4v) is 1.42. The Kier molecular flexibility index (Phi) is 5.00. The number of nitrogens with zero attached hydrogens (tertiary/aromatic N) is 2. The summed E-state index contributed by atoms with van der Waals surface area (Å²) in [6.07, 6.45) is 1.08. The van der Waals surface area contributed by atoms with Gasteiger partial charge in [0.2, 0.25) is 5.88 Å². The number of nitrogens with one attached hydrogen (secondary N) is 1. The number of anilines is 2. The molecular weight excluding hydrogens is 216 g/mol. The first-order chi connectivity index (χ1) is 8.04. The number of nitrogen functional groups attached to an aromatic ring is 1. The molecule has 5 nitrogen and oxygen atoms in total. The minimum absolute atomic E-state index is 0.465. The molecule has 96 valence electrons. The molecule has 0 fully saturated rings. The van der Waals surface area contributed by atoms with E-state index in [0.717, 1.165) is 13.0 Å².